The fourth-order valence-corrected chi connectivity index (χ4v) is 3.55. The normalized spacial score (nSPS) is 14.5. The van der Waals surface area contributed by atoms with Crippen LogP contribution in [0.4, 0.5) is 30.8 Å². The number of nitrogens with zero attached hydrogens (tertiary/aromatic N) is 5. The molecule has 1 saturated heterocycles. The topological polar surface area (TPSA) is 79.6 Å². The molecule has 8 nitrogen and oxygen atoms in total. The fraction of sp³-hybridized carbons (Fsp3) is 0.381. The van der Waals surface area contributed by atoms with E-state index in [0.29, 0.717) is 37.0 Å². The zero-order valence-corrected chi connectivity index (χ0v) is 18.5. The minimum Gasteiger partial charge on any atom is -0.465 e. The van der Waals surface area contributed by atoms with Gasteiger partial charge in [-0.2, -0.15) is 28.1 Å². The van der Waals surface area contributed by atoms with Gasteiger partial charge in [-0.15, -0.1) is 0 Å². The van der Waals surface area contributed by atoms with Gasteiger partial charge in [-0.1, -0.05) is 17.7 Å². The van der Waals surface area contributed by atoms with Crippen LogP contribution in [-0.4, -0.2) is 53.9 Å². The highest BCUT2D eigenvalue weighted by molar-refractivity contribution is 6.30. The molecule has 3 aromatic rings. The summed E-state index contributed by atoms with van der Waals surface area (Å²) in [5.41, 5.74) is 1.00. The third-order valence-corrected chi connectivity index (χ3v) is 5.16. The number of piperazine rings is 1. The van der Waals surface area contributed by atoms with E-state index in [1.54, 1.807) is 6.07 Å². The van der Waals surface area contributed by atoms with Gasteiger partial charge in [0.25, 0.3) is 0 Å². The van der Waals surface area contributed by atoms with E-state index < -0.39 is 18.8 Å². The van der Waals surface area contributed by atoms with E-state index >= 15 is 0 Å². The number of halogens is 4. The van der Waals surface area contributed by atoms with E-state index in [0.717, 1.165) is 11.4 Å². The molecule has 1 aliphatic heterocycles. The maximum Gasteiger partial charge on any atom is 0.422 e. The summed E-state index contributed by atoms with van der Waals surface area (Å²) in [5.74, 6) is 1.73. The van der Waals surface area contributed by atoms with Crippen molar-refractivity contribution in [3.63, 3.8) is 0 Å². The molecule has 0 aliphatic carbocycles. The lowest BCUT2D eigenvalue weighted by Gasteiger charge is -2.36. The predicted octanol–water partition coefficient (Wildman–Crippen LogP) is 4.31. The molecule has 1 fully saturated rings. The SMILES string of the molecule is Cc1ccc(CNc2nc(OCC(F)(F)F)nc(N3CCN(c4cccc(Cl)c4)CC3)n2)o1. The summed E-state index contributed by atoms with van der Waals surface area (Å²) in [5, 5.41) is 3.62. The molecule has 12 heteroatoms. The summed E-state index contributed by atoms with van der Waals surface area (Å²) in [4.78, 5) is 16.5. The van der Waals surface area contributed by atoms with Crippen molar-refractivity contribution in [3.8, 4) is 6.01 Å². The average Bonchev–Trinajstić information content (AvgIpc) is 3.21. The van der Waals surface area contributed by atoms with Crippen molar-refractivity contribution in [2.45, 2.75) is 19.6 Å². The first-order valence-electron chi connectivity index (χ1n) is 10.3. The van der Waals surface area contributed by atoms with Crippen LogP contribution in [0.25, 0.3) is 0 Å². The smallest absolute Gasteiger partial charge is 0.422 e. The zero-order valence-electron chi connectivity index (χ0n) is 17.8. The molecule has 0 amide bonds. The number of nitrogens with one attached hydrogen (secondary N) is 1. The molecule has 0 spiro atoms. The number of aryl methyl sites for hydroxylation is 1. The summed E-state index contributed by atoms with van der Waals surface area (Å²) in [7, 11) is 0. The van der Waals surface area contributed by atoms with Crippen LogP contribution in [0.5, 0.6) is 6.01 Å². The molecule has 1 aromatic carbocycles. The number of anilines is 3. The Morgan fingerprint density at radius 1 is 1.06 bits per heavy atom. The van der Waals surface area contributed by atoms with Crippen molar-refractivity contribution in [2.24, 2.45) is 0 Å². The molecule has 4 rings (SSSR count). The van der Waals surface area contributed by atoms with Crippen LogP contribution in [0.1, 0.15) is 11.5 Å². The van der Waals surface area contributed by atoms with Crippen molar-refractivity contribution in [1.29, 1.82) is 0 Å². The number of rotatable bonds is 7. The van der Waals surface area contributed by atoms with Gasteiger partial charge in [-0.3, -0.25) is 0 Å². The number of ether oxygens (including phenoxy) is 1. The first kappa shape index (κ1) is 23.0. The summed E-state index contributed by atoms with van der Waals surface area (Å²) in [6.07, 6.45) is -4.51. The van der Waals surface area contributed by atoms with E-state index in [1.165, 1.54) is 0 Å². The first-order chi connectivity index (χ1) is 15.7. The van der Waals surface area contributed by atoms with Crippen molar-refractivity contribution in [1.82, 2.24) is 15.0 Å². The lowest BCUT2D eigenvalue weighted by molar-refractivity contribution is -0.154. The van der Waals surface area contributed by atoms with Crippen LogP contribution in [-0.2, 0) is 6.54 Å². The Hall–Kier alpha value is -3.21. The maximum absolute atomic E-state index is 12.7. The van der Waals surface area contributed by atoms with E-state index in [-0.39, 0.29) is 18.4 Å². The molecule has 176 valence electrons. The van der Waals surface area contributed by atoms with E-state index in [1.807, 2.05) is 42.2 Å². The maximum atomic E-state index is 12.7. The van der Waals surface area contributed by atoms with Gasteiger partial charge in [0.2, 0.25) is 11.9 Å². The van der Waals surface area contributed by atoms with E-state index in [4.69, 9.17) is 20.8 Å². The molecule has 0 bridgehead atoms. The molecule has 1 N–H and O–H groups in total. The monoisotopic (exact) mass is 482 g/mol. The number of benzene rings is 1. The summed E-state index contributed by atoms with van der Waals surface area (Å²) in [6, 6.07) is 10.8. The quantitative estimate of drug-likeness (QED) is 0.534. The van der Waals surface area contributed by atoms with Gasteiger partial charge < -0.3 is 24.3 Å². The second-order valence-corrected chi connectivity index (χ2v) is 7.90. The van der Waals surface area contributed by atoms with E-state index in [2.05, 4.69) is 25.2 Å². The Morgan fingerprint density at radius 3 is 2.48 bits per heavy atom. The largest absolute Gasteiger partial charge is 0.465 e. The Kier molecular flexibility index (Phi) is 6.77. The minimum atomic E-state index is -4.51. The Bertz CT molecular complexity index is 1090. The predicted molar refractivity (Wildman–Crippen MR) is 118 cm³/mol. The number of hydrogen-bond acceptors (Lipinski definition) is 8. The summed E-state index contributed by atoms with van der Waals surface area (Å²) in [6.45, 7) is 3.04. The lowest BCUT2D eigenvalue weighted by Crippen LogP contribution is -2.47. The molecule has 0 unspecified atom stereocenters. The second-order valence-electron chi connectivity index (χ2n) is 7.47. The van der Waals surface area contributed by atoms with Gasteiger partial charge in [0.15, 0.2) is 6.61 Å². The molecule has 33 heavy (non-hydrogen) atoms. The molecule has 3 heterocycles. The van der Waals surface area contributed by atoms with Gasteiger partial charge >= 0.3 is 12.2 Å². The molecular formula is C21H22ClF3N6O2. The molecular weight excluding hydrogens is 461 g/mol. The molecule has 0 saturated carbocycles. The highest BCUT2D eigenvalue weighted by Crippen LogP contribution is 2.24. The molecule has 2 aromatic heterocycles. The minimum absolute atomic E-state index is 0.100. The molecule has 1 aliphatic rings. The number of alkyl halides is 3. The molecule has 0 radical (unpaired) electrons. The highest BCUT2D eigenvalue weighted by Gasteiger charge is 2.29. The number of aromatic nitrogens is 3. The third kappa shape index (κ3) is 6.41. The number of hydrogen-bond donors (Lipinski definition) is 1. The summed E-state index contributed by atoms with van der Waals surface area (Å²) >= 11 is 6.09. The van der Waals surface area contributed by atoms with Crippen LogP contribution >= 0.6 is 11.6 Å². The van der Waals surface area contributed by atoms with Gasteiger partial charge in [0.1, 0.15) is 11.5 Å². The molecule has 0 atom stereocenters. The van der Waals surface area contributed by atoms with Crippen LogP contribution in [0.3, 0.4) is 0 Å². The zero-order chi connectivity index (χ0) is 23.4. The first-order valence-corrected chi connectivity index (χ1v) is 10.6. The Morgan fingerprint density at radius 2 is 1.82 bits per heavy atom. The van der Waals surface area contributed by atoms with Gasteiger partial charge in [0, 0.05) is 36.9 Å². The average molecular weight is 483 g/mol. The van der Waals surface area contributed by atoms with Crippen LogP contribution < -0.4 is 19.9 Å². The Labute approximate surface area is 193 Å². The van der Waals surface area contributed by atoms with Crippen molar-refractivity contribution < 1.29 is 22.3 Å². The summed E-state index contributed by atoms with van der Waals surface area (Å²) < 4.78 is 48.3. The van der Waals surface area contributed by atoms with Crippen molar-refractivity contribution >= 4 is 29.2 Å². The lowest BCUT2D eigenvalue weighted by atomic mass is 10.2. The third-order valence-electron chi connectivity index (χ3n) is 4.92. The Balaban J connectivity index is 1.48. The van der Waals surface area contributed by atoms with E-state index in [9.17, 15) is 13.2 Å². The van der Waals surface area contributed by atoms with Crippen LogP contribution in [0.2, 0.25) is 5.02 Å². The second kappa shape index (κ2) is 9.74. The standard InChI is InChI=1S/C21H22ClF3N6O2/c1-14-5-6-17(33-14)12-26-18-27-19(29-20(28-18)32-13-21(23,24)25)31-9-7-30(8-10-31)16-4-2-3-15(22)11-16/h2-6,11H,7-10,12-13H2,1H3,(H,26,27,28,29). The van der Waals surface area contributed by atoms with Crippen molar-refractivity contribution in [3.05, 3.63) is 52.9 Å². The fourth-order valence-electron chi connectivity index (χ4n) is 3.36. The van der Waals surface area contributed by atoms with Crippen molar-refractivity contribution in [2.75, 3.05) is 47.9 Å². The van der Waals surface area contributed by atoms with Gasteiger partial charge in [-0.25, -0.2) is 0 Å². The van der Waals surface area contributed by atoms with Crippen LogP contribution in [0, 0.1) is 6.92 Å². The highest BCUT2D eigenvalue weighted by atomic mass is 35.5. The number of furan rings is 1. The van der Waals surface area contributed by atoms with Gasteiger partial charge in [-0.05, 0) is 37.3 Å². The van der Waals surface area contributed by atoms with Crippen LogP contribution in [0.15, 0.2) is 40.8 Å². The van der Waals surface area contributed by atoms with Gasteiger partial charge in [0.05, 0.1) is 6.54 Å².